The number of hydrogen-bond acceptors (Lipinski definition) is 4. The predicted octanol–water partition coefficient (Wildman–Crippen LogP) is 4.98. The molecule has 0 aromatic heterocycles. The SMILES string of the molecule is CCOc1cc(/C=C(\C#N)C(=O)Nc2ccccc2CC)ccc1OC(C)C. The third kappa shape index (κ3) is 5.62. The van der Waals surface area contributed by atoms with Crippen LogP contribution in [-0.4, -0.2) is 18.6 Å². The van der Waals surface area contributed by atoms with Crippen molar-refractivity contribution < 1.29 is 14.3 Å². The van der Waals surface area contributed by atoms with E-state index in [0.717, 1.165) is 12.0 Å². The number of hydrogen-bond donors (Lipinski definition) is 1. The van der Waals surface area contributed by atoms with Gasteiger partial charge in [-0.2, -0.15) is 5.26 Å². The van der Waals surface area contributed by atoms with Crippen LogP contribution in [0.15, 0.2) is 48.0 Å². The van der Waals surface area contributed by atoms with Crippen molar-refractivity contribution in [3.63, 3.8) is 0 Å². The molecule has 0 aliphatic carbocycles. The molecule has 1 amide bonds. The summed E-state index contributed by atoms with van der Waals surface area (Å²) in [6, 6.07) is 14.9. The van der Waals surface area contributed by atoms with Gasteiger partial charge in [-0.15, -0.1) is 0 Å². The molecule has 0 bridgehead atoms. The fourth-order valence-electron chi connectivity index (χ4n) is 2.69. The van der Waals surface area contributed by atoms with Crippen LogP contribution < -0.4 is 14.8 Å². The molecule has 5 nitrogen and oxygen atoms in total. The van der Waals surface area contributed by atoms with Crippen LogP contribution >= 0.6 is 0 Å². The van der Waals surface area contributed by atoms with Crippen LogP contribution in [-0.2, 0) is 11.2 Å². The minimum absolute atomic E-state index is 0.0136. The van der Waals surface area contributed by atoms with Gasteiger partial charge in [0.05, 0.1) is 12.7 Å². The summed E-state index contributed by atoms with van der Waals surface area (Å²) in [4.78, 5) is 12.6. The Labute approximate surface area is 166 Å². The number of nitrogens with zero attached hydrogens (tertiary/aromatic N) is 1. The summed E-state index contributed by atoms with van der Waals surface area (Å²) in [7, 11) is 0. The van der Waals surface area contributed by atoms with E-state index < -0.39 is 5.91 Å². The molecule has 2 aromatic carbocycles. The van der Waals surface area contributed by atoms with Gasteiger partial charge in [-0.05, 0) is 62.6 Å². The Morgan fingerprint density at radius 3 is 2.57 bits per heavy atom. The number of amides is 1. The van der Waals surface area contributed by atoms with E-state index in [1.807, 2.05) is 58.0 Å². The highest BCUT2D eigenvalue weighted by molar-refractivity contribution is 6.10. The van der Waals surface area contributed by atoms with Gasteiger partial charge in [-0.3, -0.25) is 4.79 Å². The number of rotatable bonds is 8. The summed E-state index contributed by atoms with van der Waals surface area (Å²) in [5.41, 5.74) is 2.44. The Bertz CT molecular complexity index is 895. The maximum Gasteiger partial charge on any atom is 0.266 e. The number of carbonyl (C=O) groups excluding carboxylic acids is 1. The lowest BCUT2D eigenvalue weighted by Gasteiger charge is -2.15. The third-order valence-electron chi connectivity index (χ3n) is 3.95. The van der Waals surface area contributed by atoms with E-state index in [9.17, 15) is 10.1 Å². The highest BCUT2D eigenvalue weighted by atomic mass is 16.5. The monoisotopic (exact) mass is 378 g/mol. The lowest BCUT2D eigenvalue weighted by Crippen LogP contribution is -2.14. The molecule has 0 saturated heterocycles. The second-order valence-corrected chi connectivity index (χ2v) is 6.44. The van der Waals surface area contributed by atoms with Gasteiger partial charge in [-0.1, -0.05) is 31.2 Å². The van der Waals surface area contributed by atoms with Crippen LogP contribution in [0.1, 0.15) is 38.8 Å². The highest BCUT2D eigenvalue weighted by Gasteiger charge is 2.13. The van der Waals surface area contributed by atoms with E-state index in [1.54, 1.807) is 24.3 Å². The van der Waals surface area contributed by atoms with E-state index >= 15 is 0 Å². The lowest BCUT2D eigenvalue weighted by atomic mass is 10.1. The Balaban J connectivity index is 2.29. The molecule has 0 unspecified atom stereocenters. The van der Waals surface area contributed by atoms with Crippen molar-refractivity contribution >= 4 is 17.7 Å². The van der Waals surface area contributed by atoms with Gasteiger partial charge in [0.25, 0.3) is 5.91 Å². The first kappa shape index (κ1) is 21.0. The lowest BCUT2D eigenvalue weighted by molar-refractivity contribution is -0.112. The van der Waals surface area contributed by atoms with Gasteiger partial charge < -0.3 is 14.8 Å². The number of benzene rings is 2. The van der Waals surface area contributed by atoms with E-state index in [2.05, 4.69) is 5.32 Å². The van der Waals surface area contributed by atoms with Crippen molar-refractivity contribution in [2.24, 2.45) is 0 Å². The fourth-order valence-corrected chi connectivity index (χ4v) is 2.69. The van der Waals surface area contributed by atoms with Crippen molar-refractivity contribution in [2.45, 2.75) is 40.2 Å². The topological polar surface area (TPSA) is 71.3 Å². The first-order valence-corrected chi connectivity index (χ1v) is 9.43. The van der Waals surface area contributed by atoms with Crippen LogP contribution in [0.25, 0.3) is 6.08 Å². The van der Waals surface area contributed by atoms with Crippen molar-refractivity contribution in [3.8, 4) is 17.6 Å². The second-order valence-electron chi connectivity index (χ2n) is 6.44. The maximum atomic E-state index is 12.6. The first-order valence-electron chi connectivity index (χ1n) is 9.43. The van der Waals surface area contributed by atoms with Crippen molar-refractivity contribution in [1.82, 2.24) is 0 Å². The van der Waals surface area contributed by atoms with Gasteiger partial charge in [0.15, 0.2) is 11.5 Å². The van der Waals surface area contributed by atoms with Gasteiger partial charge in [-0.25, -0.2) is 0 Å². The van der Waals surface area contributed by atoms with Crippen molar-refractivity contribution in [1.29, 1.82) is 5.26 Å². The minimum Gasteiger partial charge on any atom is -0.490 e. The van der Waals surface area contributed by atoms with Crippen molar-refractivity contribution in [3.05, 3.63) is 59.2 Å². The molecular weight excluding hydrogens is 352 g/mol. The Hall–Kier alpha value is -3.26. The molecule has 0 aliphatic heterocycles. The van der Waals surface area contributed by atoms with E-state index in [-0.39, 0.29) is 11.7 Å². The Morgan fingerprint density at radius 1 is 1.18 bits per heavy atom. The predicted molar refractivity (Wildman–Crippen MR) is 111 cm³/mol. The third-order valence-corrected chi connectivity index (χ3v) is 3.95. The average molecular weight is 378 g/mol. The molecule has 0 aliphatic rings. The summed E-state index contributed by atoms with van der Waals surface area (Å²) in [5.74, 6) is 0.775. The average Bonchev–Trinajstić information content (AvgIpc) is 2.68. The number of anilines is 1. The molecule has 0 heterocycles. The van der Waals surface area contributed by atoms with Gasteiger partial charge in [0.1, 0.15) is 11.6 Å². The molecular formula is C23H26N2O3. The summed E-state index contributed by atoms with van der Waals surface area (Å²) in [5, 5.41) is 12.3. The molecule has 0 atom stereocenters. The van der Waals surface area contributed by atoms with Crippen LogP contribution in [0.4, 0.5) is 5.69 Å². The molecule has 5 heteroatoms. The number of nitriles is 1. The molecule has 146 valence electrons. The summed E-state index contributed by atoms with van der Waals surface area (Å²) in [6.07, 6.45) is 2.35. The highest BCUT2D eigenvalue weighted by Crippen LogP contribution is 2.30. The smallest absolute Gasteiger partial charge is 0.266 e. The molecule has 1 N–H and O–H groups in total. The standard InChI is InChI=1S/C23H26N2O3/c1-5-18-9-7-8-10-20(18)25-23(26)19(15-24)13-17-11-12-21(28-16(3)4)22(14-17)27-6-2/h7-14,16H,5-6H2,1-4H3,(H,25,26)/b19-13+. The van der Waals surface area contributed by atoms with E-state index in [4.69, 9.17) is 9.47 Å². The summed E-state index contributed by atoms with van der Waals surface area (Å²) in [6.45, 7) is 8.27. The number of nitrogens with one attached hydrogen (secondary N) is 1. The first-order chi connectivity index (χ1) is 13.5. The number of aryl methyl sites for hydroxylation is 1. The zero-order chi connectivity index (χ0) is 20.5. The van der Waals surface area contributed by atoms with E-state index in [0.29, 0.717) is 29.4 Å². The van der Waals surface area contributed by atoms with Crippen LogP contribution in [0.5, 0.6) is 11.5 Å². The Morgan fingerprint density at radius 2 is 1.93 bits per heavy atom. The minimum atomic E-state index is -0.441. The molecule has 0 saturated carbocycles. The van der Waals surface area contributed by atoms with Crippen LogP contribution in [0, 0.1) is 11.3 Å². The number of carbonyl (C=O) groups is 1. The zero-order valence-corrected chi connectivity index (χ0v) is 16.8. The van der Waals surface area contributed by atoms with Crippen LogP contribution in [0.3, 0.4) is 0 Å². The maximum absolute atomic E-state index is 12.6. The molecule has 0 spiro atoms. The molecule has 0 radical (unpaired) electrons. The van der Waals surface area contributed by atoms with Gasteiger partial charge in [0, 0.05) is 5.69 Å². The second kappa shape index (κ2) is 10.2. The van der Waals surface area contributed by atoms with Gasteiger partial charge in [0.2, 0.25) is 0 Å². The quantitative estimate of drug-likeness (QED) is 0.519. The summed E-state index contributed by atoms with van der Waals surface area (Å²) >= 11 is 0. The fraction of sp³-hybridized carbons (Fsp3) is 0.304. The molecule has 0 fully saturated rings. The van der Waals surface area contributed by atoms with Crippen LogP contribution in [0.2, 0.25) is 0 Å². The molecule has 28 heavy (non-hydrogen) atoms. The van der Waals surface area contributed by atoms with Gasteiger partial charge >= 0.3 is 0 Å². The zero-order valence-electron chi connectivity index (χ0n) is 16.8. The molecule has 2 rings (SSSR count). The molecule has 2 aromatic rings. The van der Waals surface area contributed by atoms with Crippen molar-refractivity contribution in [2.75, 3.05) is 11.9 Å². The summed E-state index contributed by atoms with van der Waals surface area (Å²) < 4.78 is 11.4. The number of ether oxygens (including phenoxy) is 2. The normalized spacial score (nSPS) is 11.1. The van der Waals surface area contributed by atoms with E-state index in [1.165, 1.54) is 0 Å². The number of para-hydroxylation sites is 1. The largest absolute Gasteiger partial charge is 0.490 e. The Kier molecular flexibility index (Phi) is 7.65.